The fourth-order valence-corrected chi connectivity index (χ4v) is 3.67. The Labute approximate surface area is 163 Å². The van der Waals surface area contributed by atoms with Crippen molar-refractivity contribution in [1.29, 1.82) is 0 Å². The summed E-state index contributed by atoms with van der Waals surface area (Å²) in [6.07, 6.45) is 3.53. The van der Waals surface area contributed by atoms with Crippen LogP contribution in [-0.4, -0.2) is 33.3 Å². The Kier molecular flexibility index (Phi) is 4.83. The first kappa shape index (κ1) is 18.2. The van der Waals surface area contributed by atoms with Crippen LogP contribution in [0.5, 0.6) is 0 Å². The quantitative estimate of drug-likeness (QED) is 0.560. The molecule has 2 atom stereocenters. The summed E-state index contributed by atoms with van der Waals surface area (Å²) in [5, 5.41) is 17.0. The number of hydrogen-bond donors (Lipinski definition) is 4. The first-order valence-corrected chi connectivity index (χ1v) is 9.39. The highest BCUT2D eigenvalue weighted by Gasteiger charge is 2.26. The molecule has 1 saturated carbocycles. The number of aromatic nitrogens is 2. The maximum absolute atomic E-state index is 12.2. The van der Waals surface area contributed by atoms with E-state index in [9.17, 15) is 9.90 Å². The SMILES string of the molecule is Cc1ccccc1-c1cc2cc(NC(=O)N[C@H]3CCC[C@@H]3O)ncc2c(N)n1. The number of nitrogens with zero attached hydrogens (tertiary/aromatic N) is 2. The van der Waals surface area contributed by atoms with Crippen molar-refractivity contribution in [3.63, 3.8) is 0 Å². The number of aliphatic hydroxyl groups excluding tert-OH is 1. The number of urea groups is 1. The summed E-state index contributed by atoms with van der Waals surface area (Å²) in [5.41, 5.74) is 9.03. The maximum atomic E-state index is 12.2. The van der Waals surface area contributed by atoms with Gasteiger partial charge in [0.25, 0.3) is 0 Å². The van der Waals surface area contributed by atoms with Gasteiger partial charge in [-0.3, -0.25) is 5.32 Å². The van der Waals surface area contributed by atoms with Gasteiger partial charge in [-0.15, -0.1) is 0 Å². The number of aliphatic hydroxyl groups is 1. The third kappa shape index (κ3) is 3.61. The molecule has 0 radical (unpaired) electrons. The zero-order valence-corrected chi connectivity index (χ0v) is 15.6. The summed E-state index contributed by atoms with van der Waals surface area (Å²) >= 11 is 0. The van der Waals surface area contributed by atoms with Crippen LogP contribution in [0, 0.1) is 6.92 Å². The van der Waals surface area contributed by atoms with E-state index in [2.05, 4.69) is 20.6 Å². The molecule has 2 aromatic heterocycles. The Balaban J connectivity index is 1.61. The molecule has 2 heterocycles. The van der Waals surface area contributed by atoms with Gasteiger partial charge in [-0.05, 0) is 49.3 Å². The molecular formula is C21H23N5O2. The van der Waals surface area contributed by atoms with Crippen LogP contribution in [0.2, 0.25) is 0 Å². The van der Waals surface area contributed by atoms with Gasteiger partial charge in [0.1, 0.15) is 11.6 Å². The second kappa shape index (κ2) is 7.44. The molecule has 0 aliphatic heterocycles. The van der Waals surface area contributed by atoms with Crippen LogP contribution in [-0.2, 0) is 0 Å². The molecule has 0 spiro atoms. The number of pyridine rings is 2. The van der Waals surface area contributed by atoms with E-state index in [0.717, 1.165) is 40.4 Å². The third-order valence-corrected chi connectivity index (χ3v) is 5.20. The van der Waals surface area contributed by atoms with E-state index in [1.807, 2.05) is 37.3 Å². The molecule has 0 saturated heterocycles. The molecular weight excluding hydrogens is 354 g/mol. The number of fused-ring (bicyclic) bond motifs is 1. The average Bonchev–Trinajstić information content (AvgIpc) is 3.06. The maximum Gasteiger partial charge on any atom is 0.320 e. The minimum Gasteiger partial charge on any atom is -0.391 e. The topological polar surface area (TPSA) is 113 Å². The predicted octanol–water partition coefficient (Wildman–Crippen LogP) is 3.22. The van der Waals surface area contributed by atoms with Gasteiger partial charge in [-0.1, -0.05) is 24.3 Å². The first-order chi connectivity index (χ1) is 13.5. The lowest BCUT2D eigenvalue weighted by molar-refractivity contribution is 0.151. The molecule has 144 valence electrons. The smallest absolute Gasteiger partial charge is 0.320 e. The van der Waals surface area contributed by atoms with Crippen LogP contribution < -0.4 is 16.4 Å². The molecule has 1 fully saturated rings. The molecule has 7 heteroatoms. The van der Waals surface area contributed by atoms with Crippen molar-refractivity contribution in [1.82, 2.24) is 15.3 Å². The van der Waals surface area contributed by atoms with Crippen LogP contribution in [0.25, 0.3) is 22.0 Å². The van der Waals surface area contributed by atoms with Crippen molar-refractivity contribution < 1.29 is 9.90 Å². The molecule has 2 amide bonds. The number of nitrogen functional groups attached to an aromatic ring is 1. The number of hydrogen-bond acceptors (Lipinski definition) is 5. The van der Waals surface area contributed by atoms with Gasteiger partial charge in [0, 0.05) is 17.1 Å². The molecule has 28 heavy (non-hydrogen) atoms. The van der Waals surface area contributed by atoms with E-state index in [0.29, 0.717) is 18.1 Å². The molecule has 7 nitrogen and oxygen atoms in total. The first-order valence-electron chi connectivity index (χ1n) is 9.39. The van der Waals surface area contributed by atoms with E-state index in [1.165, 1.54) is 0 Å². The molecule has 3 aromatic rings. The molecule has 0 unspecified atom stereocenters. The summed E-state index contributed by atoms with van der Waals surface area (Å²) in [5.74, 6) is 0.812. The molecule has 0 bridgehead atoms. The van der Waals surface area contributed by atoms with Gasteiger partial charge in [0.05, 0.1) is 17.8 Å². The summed E-state index contributed by atoms with van der Waals surface area (Å²) in [7, 11) is 0. The van der Waals surface area contributed by atoms with Crippen molar-refractivity contribution in [2.75, 3.05) is 11.1 Å². The number of rotatable bonds is 3. The zero-order chi connectivity index (χ0) is 19.7. The number of amides is 2. The Morgan fingerprint density at radius 3 is 2.82 bits per heavy atom. The number of carbonyl (C=O) groups excluding carboxylic acids is 1. The fraction of sp³-hybridized carbons (Fsp3) is 0.286. The van der Waals surface area contributed by atoms with E-state index in [4.69, 9.17) is 5.73 Å². The Bertz CT molecular complexity index is 1040. The van der Waals surface area contributed by atoms with Gasteiger partial charge in [0.2, 0.25) is 0 Å². The minimum atomic E-state index is -0.488. The minimum absolute atomic E-state index is 0.215. The van der Waals surface area contributed by atoms with Crippen molar-refractivity contribution in [2.45, 2.75) is 38.3 Å². The van der Waals surface area contributed by atoms with Gasteiger partial charge in [-0.25, -0.2) is 14.8 Å². The van der Waals surface area contributed by atoms with E-state index in [1.54, 1.807) is 12.3 Å². The van der Waals surface area contributed by atoms with Crippen molar-refractivity contribution in [3.8, 4) is 11.3 Å². The lowest BCUT2D eigenvalue weighted by Gasteiger charge is -2.16. The predicted molar refractivity (Wildman–Crippen MR) is 110 cm³/mol. The zero-order valence-electron chi connectivity index (χ0n) is 15.6. The van der Waals surface area contributed by atoms with Crippen LogP contribution in [0.3, 0.4) is 0 Å². The Morgan fingerprint density at radius 1 is 1.25 bits per heavy atom. The largest absolute Gasteiger partial charge is 0.391 e. The molecule has 1 aliphatic rings. The van der Waals surface area contributed by atoms with Crippen LogP contribution in [0.1, 0.15) is 24.8 Å². The second-order valence-electron chi connectivity index (χ2n) is 7.20. The number of benzene rings is 1. The molecule has 1 aromatic carbocycles. The lowest BCUT2D eigenvalue weighted by atomic mass is 10.0. The van der Waals surface area contributed by atoms with Crippen molar-refractivity contribution in [3.05, 3.63) is 48.2 Å². The number of anilines is 2. The van der Waals surface area contributed by atoms with Crippen LogP contribution in [0.4, 0.5) is 16.4 Å². The standard InChI is InChI=1S/C21H23N5O2/c1-12-5-2-3-6-14(12)17-9-13-10-19(23-11-15(13)20(22)24-17)26-21(28)25-16-7-4-8-18(16)27/h2-3,5-6,9-11,16,18,27H,4,7-8H2,1H3,(H2,22,24)(H2,23,25,26,28)/t16-,18-/m0/s1. The van der Waals surface area contributed by atoms with Gasteiger partial charge in [-0.2, -0.15) is 0 Å². The van der Waals surface area contributed by atoms with Gasteiger partial charge < -0.3 is 16.2 Å². The number of carbonyl (C=O) groups is 1. The van der Waals surface area contributed by atoms with Crippen LogP contribution >= 0.6 is 0 Å². The number of nitrogens with one attached hydrogen (secondary N) is 2. The summed E-state index contributed by atoms with van der Waals surface area (Å²) in [4.78, 5) is 21.0. The molecule has 1 aliphatic carbocycles. The summed E-state index contributed by atoms with van der Waals surface area (Å²) in [6, 6.07) is 11.1. The van der Waals surface area contributed by atoms with E-state index < -0.39 is 6.10 Å². The Hall–Kier alpha value is -3.19. The highest BCUT2D eigenvalue weighted by Crippen LogP contribution is 2.29. The number of nitrogens with two attached hydrogens (primary N) is 1. The fourth-order valence-electron chi connectivity index (χ4n) is 3.67. The van der Waals surface area contributed by atoms with Crippen molar-refractivity contribution >= 4 is 28.4 Å². The van der Waals surface area contributed by atoms with Gasteiger partial charge in [0.15, 0.2) is 0 Å². The highest BCUT2D eigenvalue weighted by molar-refractivity contribution is 5.97. The third-order valence-electron chi connectivity index (χ3n) is 5.20. The van der Waals surface area contributed by atoms with E-state index in [-0.39, 0.29) is 12.1 Å². The molecule has 4 rings (SSSR count). The average molecular weight is 377 g/mol. The Morgan fingerprint density at radius 2 is 2.07 bits per heavy atom. The number of aryl methyl sites for hydroxylation is 1. The van der Waals surface area contributed by atoms with E-state index >= 15 is 0 Å². The van der Waals surface area contributed by atoms with Crippen LogP contribution in [0.15, 0.2) is 42.6 Å². The van der Waals surface area contributed by atoms with Gasteiger partial charge >= 0.3 is 6.03 Å². The summed E-state index contributed by atoms with van der Waals surface area (Å²) in [6.45, 7) is 2.03. The highest BCUT2D eigenvalue weighted by atomic mass is 16.3. The summed E-state index contributed by atoms with van der Waals surface area (Å²) < 4.78 is 0. The lowest BCUT2D eigenvalue weighted by Crippen LogP contribution is -2.42. The second-order valence-corrected chi connectivity index (χ2v) is 7.20. The molecule has 5 N–H and O–H groups in total. The normalized spacial score (nSPS) is 18.9. The monoisotopic (exact) mass is 377 g/mol. The van der Waals surface area contributed by atoms with Crippen molar-refractivity contribution in [2.24, 2.45) is 0 Å².